The van der Waals surface area contributed by atoms with Crippen LogP contribution in [0.3, 0.4) is 0 Å². The Balaban J connectivity index is 0.00000280. The van der Waals surface area contributed by atoms with Gasteiger partial charge in [-0.2, -0.15) is 0 Å². The van der Waals surface area contributed by atoms with Crippen molar-refractivity contribution in [3.05, 3.63) is 41.3 Å². The molecule has 28 heavy (non-hydrogen) atoms. The van der Waals surface area contributed by atoms with Crippen LogP contribution in [0.5, 0.6) is 5.75 Å². The Morgan fingerprint density at radius 3 is 2.71 bits per heavy atom. The summed E-state index contributed by atoms with van der Waals surface area (Å²) in [4.78, 5) is 9.58. The lowest BCUT2D eigenvalue weighted by Crippen LogP contribution is -2.41. The molecule has 1 aromatic heterocycles. The molecule has 2 aromatic rings. The summed E-state index contributed by atoms with van der Waals surface area (Å²) in [5.74, 6) is 2.44. The number of hydrogen-bond donors (Lipinski definition) is 1. The summed E-state index contributed by atoms with van der Waals surface area (Å²) in [5, 5.41) is 3.40. The van der Waals surface area contributed by atoms with Crippen LogP contribution >= 0.6 is 35.3 Å². The topological polar surface area (TPSA) is 46.1 Å². The maximum Gasteiger partial charge on any atom is 0.194 e. The molecule has 2 heterocycles. The Morgan fingerprint density at radius 2 is 2.07 bits per heavy atom. The number of halogens is 1. The molecule has 1 aromatic carbocycles. The van der Waals surface area contributed by atoms with Crippen molar-refractivity contribution in [2.24, 2.45) is 10.9 Å². The zero-order chi connectivity index (χ0) is 19.1. The molecule has 3 rings (SSSR count). The van der Waals surface area contributed by atoms with Gasteiger partial charge in [0.05, 0.1) is 20.3 Å². The maximum atomic E-state index is 5.49. The van der Waals surface area contributed by atoms with Crippen molar-refractivity contribution in [2.45, 2.75) is 19.9 Å². The Bertz CT molecular complexity index is 742. The fourth-order valence-corrected chi connectivity index (χ4v) is 4.13. The van der Waals surface area contributed by atoms with Gasteiger partial charge in [0.1, 0.15) is 5.75 Å². The van der Waals surface area contributed by atoms with E-state index in [2.05, 4.69) is 48.5 Å². The van der Waals surface area contributed by atoms with Crippen molar-refractivity contribution >= 4 is 41.3 Å². The zero-order valence-corrected chi connectivity index (χ0v) is 20.0. The lowest BCUT2D eigenvalue weighted by Gasteiger charge is -2.24. The van der Waals surface area contributed by atoms with Crippen molar-refractivity contribution < 1.29 is 9.47 Å². The van der Waals surface area contributed by atoms with E-state index in [1.54, 1.807) is 18.4 Å². The van der Waals surface area contributed by atoms with E-state index < -0.39 is 0 Å². The summed E-state index contributed by atoms with van der Waals surface area (Å²) in [6.45, 7) is 6.39. The summed E-state index contributed by atoms with van der Waals surface area (Å²) in [6.07, 6.45) is 1.14. The van der Waals surface area contributed by atoms with Gasteiger partial charge in [0.2, 0.25) is 0 Å². The first kappa shape index (κ1) is 23.0. The lowest BCUT2D eigenvalue weighted by atomic mass is 10.1. The summed E-state index contributed by atoms with van der Waals surface area (Å²) in [6, 6.07) is 12.5. The third-order valence-corrected chi connectivity index (χ3v) is 5.79. The SMILES string of the molecule is CCNC(=NCc1ccc(-c2ccc(OC)cc2)s1)N(C)CC1CCOC1.I. The largest absolute Gasteiger partial charge is 0.497 e. The van der Waals surface area contributed by atoms with E-state index in [-0.39, 0.29) is 24.0 Å². The van der Waals surface area contributed by atoms with Gasteiger partial charge in [-0.1, -0.05) is 0 Å². The van der Waals surface area contributed by atoms with Crippen molar-refractivity contribution in [2.75, 3.05) is 40.5 Å². The van der Waals surface area contributed by atoms with E-state index >= 15 is 0 Å². The Morgan fingerprint density at radius 1 is 1.29 bits per heavy atom. The van der Waals surface area contributed by atoms with Crippen LogP contribution in [0, 0.1) is 5.92 Å². The number of aliphatic imine (C=N–C) groups is 1. The van der Waals surface area contributed by atoms with Gasteiger partial charge in [0.15, 0.2) is 5.96 Å². The molecule has 1 fully saturated rings. The summed E-state index contributed by atoms with van der Waals surface area (Å²) in [7, 11) is 3.80. The average Bonchev–Trinajstić information content (AvgIpc) is 3.37. The van der Waals surface area contributed by atoms with Gasteiger partial charge < -0.3 is 19.7 Å². The highest BCUT2D eigenvalue weighted by Gasteiger charge is 2.19. The lowest BCUT2D eigenvalue weighted by molar-refractivity contribution is 0.181. The molecular formula is C21H30IN3O2S. The first-order valence-electron chi connectivity index (χ1n) is 9.50. The van der Waals surface area contributed by atoms with Gasteiger partial charge in [0.25, 0.3) is 0 Å². The molecule has 0 saturated carbocycles. The third kappa shape index (κ3) is 6.35. The molecule has 1 unspecified atom stereocenters. The van der Waals surface area contributed by atoms with E-state index in [0.717, 1.165) is 44.4 Å². The van der Waals surface area contributed by atoms with E-state index in [0.29, 0.717) is 12.5 Å². The number of rotatable bonds is 7. The van der Waals surface area contributed by atoms with Crippen molar-refractivity contribution in [1.29, 1.82) is 0 Å². The van der Waals surface area contributed by atoms with Crippen molar-refractivity contribution in [1.82, 2.24) is 10.2 Å². The Labute approximate surface area is 189 Å². The monoisotopic (exact) mass is 515 g/mol. The molecule has 1 N–H and O–H groups in total. The van der Waals surface area contributed by atoms with Crippen LogP contribution in [0.15, 0.2) is 41.4 Å². The van der Waals surface area contributed by atoms with Crippen LogP contribution in [0.2, 0.25) is 0 Å². The molecule has 1 aliphatic rings. The molecule has 154 valence electrons. The predicted octanol–water partition coefficient (Wildman–Crippen LogP) is 4.48. The van der Waals surface area contributed by atoms with E-state index in [9.17, 15) is 0 Å². The number of benzene rings is 1. The van der Waals surface area contributed by atoms with E-state index in [4.69, 9.17) is 14.5 Å². The molecule has 1 aliphatic heterocycles. The van der Waals surface area contributed by atoms with Gasteiger partial charge >= 0.3 is 0 Å². The molecule has 5 nitrogen and oxygen atoms in total. The third-order valence-electron chi connectivity index (χ3n) is 4.67. The highest BCUT2D eigenvalue weighted by molar-refractivity contribution is 14.0. The van der Waals surface area contributed by atoms with E-state index in [1.807, 2.05) is 12.1 Å². The fourth-order valence-electron chi connectivity index (χ4n) is 3.20. The molecule has 7 heteroatoms. The van der Waals surface area contributed by atoms with Crippen LogP contribution in [0.1, 0.15) is 18.2 Å². The number of methoxy groups -OCH3 is 1. The Hall–Kier alpha value is -1.32. The molecule has 0 bridgehead atoms. The van der Waals surface area contributed by atoms with Crippen LogP contribution < -0.4 is 10.1 Å². The normalized spacial score (nSPS) is 16.5. The van der Waals surface area contributed by atoms with Crippen molar-refractivity contribution in [3.63, 3.8) is 0 Å². The van der Waals surface area contributed by atoms with Crippen LogP contribution in [0.4, 0.5) is 0 Å². The standard InChI is InChI=1S/C21H29N3O2S.HI/c1-4-22-21(24(2)14-16-11-12-26-15-16)23-13-19-9-10-20(27-19)17-5-7-18(25-3)8-6-17;/h5-10,16H,4,11-15H2,1-3H3,(H,22,23);1H. The average molecular weight is 515 g/mol. The summed E-state index contributed by atoms with van der Waals surface area (Å²) < 4.78 is 10.7. The minimum absolute atomic E-state index is 0. The number of nitrogens with one attached hydrogen (secondary N) is 1. The van der Waals surface area contributed by atoms with Gasteiger partial charge in [0, 0.05) is 42.4 Å². The summed E-state index contributed by atoms with van der Waals surface area (Å²) in [5.41, 5.74) is 1.21. The zero-order valence-electron chi connectivity index (χ0n) is 16.8. The van der Waals surface area contributed by atoms with Crippen LogP contribution in [-0.4, -0.2) is 51.3 Å². The molecule has 1 atom stereocenters. The van der Waals surface area contributed by atoms with Gasteiger partial charge in [-0.3, -0.25) is 0 Å². The number of hydrogen-bond acceptors (Lipinski definition) is 4. The van der Waals surface area contributed by atoms with Gasteiger partial charge in [-0.15, -0.1) is 35.3 Å². The van der Waals surface area contributed by atoms with E-state index in [1.165, 1.54) is 15.3 Å². The molecule has 0 aliphatic carbocycles. The number of guanidine groups is 1. The molecular weight excluding hydrogens is 485 g/mol. The van der Waals surface area contributed by atoms with Gasteiger partial charge in [-0.25, -0.2) is 4.99 Å². The fraction of sp³-hybridized carbons (Fsp3) is 0.476. The smallest absolute Gasteiger partial charge is 0.194 e. The number of nitrogens with zero attached hydrogens (tertiary/aromatic N) is 2. The minimum Gasteiger partial charge on any atom is -0.497 e. The predicted molar refractivity (Wildman–Crippen MR) is 128 cm³/mol. The van der Waals surface area contributed by atoms with Gasteiger partial charge in [-0.05, 0) is 55.3 Å². The number of thiophene rings is 1. The quantitative estimate of drug-likeness (QED) is 0.336. The minimum atomic E-state index is 0. The second-order valence-corrected chi connectivity index (χ2v) is 7.94. The Kier molecular flexibility index (Phi) is 9.53. The number of ether oxygens (including phenoxy) is 2. The molecule has 1 saturated heterocycles. The second kappa shape index (κ2) is 11.6. The molecule has 0 spiro atoms. The van der Waals surface area contributed by atoms with Crippen LogP contribution in [0.25, 0.3) is 10.4 Å². The van der Waals surface area contributed by atoms with Crippen molar-refractivity contribution in [3.8, 4) is 16.2 Å². The molecule has 0 radical (unpaired) electrons. The second-order valence-electron chi connectivity index (χ2n) is 6.77. The molecule has 0 amide bonds. The van der Waals surface area contributed by atoms with Crippen LogP contribution in [-0.2, 0) is 11.3 Å². The maximum absolute atomic E-state index is 5.49. The highest BCUT2D eigenvalue weighted by Crippen LogP contribution is 2.29. The first-order valence-corrected chi connectivity index (χ1v) is 10.3. The highest BCUT2D eigenvalue weighted by atomic mass is 127. The summed E-state index contributed by atoms with van der Waals surface area (Å²) >= 11 is 1.79. The first-order chi connectivity index (χ1) is 13.2.